The number of non-ortho nitro benzene ring substituents is 1. The largest absolute Gasteiger partial charge is 0.493 e. The van der Waals surface area contributed by atoms with Gasteiger partial charge in [-0.2, -0.15) is 5.10 Å². The quantitative estimate of drug-likeness (QED) is 0.414. The van der Waals surface area contributed by atoms with Crippen LogP contribution in [-0.2, 0) is 6.61 Å². The normalized spacial score (nSPS) is 11.7. The highest BCUT2D eigenvalue weighted by molar-refractivity contribution is 5.44. The summed E-state index contributed by atoms with van der Waals surface area (Å²) in [6.45, 7) is 2.50. The molecule has 0 saturated heterocycles. The summed E-state index contributed by atoms with van der Waals surface area (Å²) in [6.07, 6.45) is 0. The minimum Gasteiger partial charge on any atom is -0.493 e. The zero-order valence-corrected chi connectivity index (χ0v) is 16.0. The molecule has 1 atom stereocenters. The van der Waals surface area contributed by atoms with Crippen LogP contribution in [-0.4, -0.2) is 33.8 Å². The number of nitrogens with two attached hydrogens (primary N) is 1. The number of aromatic nitrogens is 3. The topological polar surface area (TPSA) is 138 Å². The van der Waals surface area contributed by atoms with Crippen LogP contribution < -0.4 is 19.9 Å². The van der Waals surface area contributed by atoms with Gasteiger partial charge in [-0.1, -0.05) is 6.07 Å². The fourth-order valence-electron chi connectivity index (χ4n) is 2.63. The second kappa shape index (κ2) is 9.02. The second-order valence-electron chi connectivity index (χ2n) is 6.00. The number of hydrogen-bond acceptors (Lipinski definition) is 8. The van der Waals surface area contributed by atoms with E-state index < -0.39 is 11.0 Å². The predicted octanol–water partition coefficient (Wildman–Crippen LogP) is 2.75. The van der Waals surface area contributed by atoms with E-state index in [9.17, 15) is 10.1 Å². The standard InChI is InChI=1S/C19H21N5O5/c1-3-28-16-10-12(4-9-15(16)27-2)18(20)19-21-17(22-23-19)11-29-14-7-5-13(6-8-14)24(25)26/h4-10,18H,3,11,20H2,1-2H3,(H,21,22,23)/t18-/m1/s1. The van der Waals surface area contributed by atoms with Crippen molar-refractivity contribution >= 4 is 5.69 Å². The Morgan fingerprint density at radius 1 is 1.17 bits per heavy atom. The molecule has 0 fully saturated rings. The maximum absolute atomic E-state index is 10.7. The number of nitro groups is 1. The van der Waals surface area contributed by atoms with Crippen LogP contribution in [0.2, 0.25) is 0 Å². The van der Waals surface area contributed by atoms with Crippen LogP contribution in [0.15, 0.2) is 42.5 Å². The fraction of sp³-hybridized carbons (Fsp3) is 0.263. The molecule has 10 nitrogen and oxygen atoms in total. The summed E-state index contributed by atoms with van der Waals surface area (Å²) in [6, 6.07) is 10.6. The third kappa shape index (κ3) is 4.79. The maximum Gasteiger partial charge on any atom is 0.269 e. The van der Waals surface area contributed by atoms with Gasteiger partial charge in [-0.15, -0.1) is 0 Å². The van der Waals surface area contributed by atoms with Gasteiger partial charge in [-0.25, -0.2) is 4.98 Å². The Labute approximate surface area is 166 Å². The van der Waals surface area contributed by atoms with Gasteiger partial charge in [-0.05, 0) is 36.8 Å². The molecule has 3 rings (SSSR count). The van der Waals surface area contributed by atoms with Gasteiger partial charge < -0.3 is 19.9 Å². The summed E-state index contributed by atoms with van der Waals surface area (Å²) in [5.41, 5.74) is 7.06. The summed E-state index contributed by atoms with van der Waals surface area (Å²) in [7, 11) is 1.57. The molecule has 0 aliphatic carbocycles. The number of benzene rings is 2. The van der Waals surface area contributed by atoms with Crippen molar-refractivity contribution in [3.63, 3.8) is 0 Å². The molecule has 10 heteroatoms. The maximum atomic E-state index is 10.7. The van der Waals surface area contributed by atoms with Gasteiger partial charge in [-0.3, -0.25) is 15.2 Å². The van der Waals surface area contributed by atoms with Gasteiger partial charge >= 0.3 is 0 Å². The Kier molecular flexibility index (Phi) is 6.25. The molecule has 1 heterocycles. The van der Waals surface area contributed by atoms with Gasteiger partial charge in [0.15, 0.2) is 23.1 Å². The van der Waals surface area contributed by atoms with Gasteiger partial charge in [0.05, 0.1) is 24.7 Å². The molecule has 0 spiro atoms. The number of nitrogens with zero attached hydrogens (tertiary/aromatic N) is 3. The average molecular weight is 399 g/mol. The van der Waals surface area contributed by atoms with Crippen molar-refractivity contribution < 1.29 is 19.1 Å². The lowest BCUT2D eigenvalue weighted by atomic mass is 10.1. The number of methoxy groups -OCH3 is 1. The minimum absolute atomic E-state index is 0.00353. The van der Waals surface area contributed by atoms with E-state index in [4.69, 9.17) is 19.9 Å². The van der Waals surface area contributed by atoms with Crippen molar-refractivity contribution in [2.24, 2.45) is 5.73 Å². The van der Waals surface area contributed by atoms with E-state index >= 15 is 0 Å². The Bertz CT molecular complexity index is 973. The Morgan fingerprint density at radius 3 is 2.59 bits per heavy atom. The van der Waals surface area contributed by atoms with Crippen LogP contribution in [0, 0.1) is 10.1 Å². The zero-order valence-electron chi connectivity index (χ0n) is 16.0. The second-order valence-corrected chi connectivity index (χ2v) is 6.00. The molecule has 0 saturated carbocycles. The highest BCUT2D eigenvalue weighted by atomic mass is 16.6. The third-order valence-corrected chi connectivity index (χ3v) is 4.10. The van der Waals surface area contributed by atoms with Crippen LogP contribution in [0.3, 0.4) is 0 Å². The van der Waals surface area contributed by atoms with Crippen LogP contribution in [0.4, 0.5) is 5.69 Å². The highest BCUT2D eigenvalue weighted by Crippen LogP contribution is 2.31. The summed E-state index contributed by atoms with van der Waals surface area (Å²) in [5, 5.41) is 17.6. The lowest BCUT2D eigenvalue weighted by Gasteiger charge is -2.13. The minimum atomic E-state index is -0.565. The van der Waals surface area contributed by atoms with Gasteiger partial charge in [0.2, 0.25) is 0 Å². The molecule has 2 aromatic carbocycles. The van der Waals surface area contributed by atoms with E-state index in [0.717, 1.165) is 5.56 Å². The molecule has 29 heavy (non-hydrogen) atoms. The molecular formula is C19H21N5O5. The molecule has 0 aliphatic heterocycles. The highest BCUT2D eigenvalue weighted by Gasteiger charge is 2.17. The lowest BCUT2D eigenvalue weighted by molar-refractivity contribution is -0.384. The average Bonchev–Trinajstić information content (AvgIpc) is 3.21. The smallest absolute Gasteiger partial charge is 0.269 e. The molecule has 1 aromatic heterocycles. The number of nitrogens with one attached hydrogen (secondary N) is 1. The van der Waals surface area contributed by atoms with Gasteiger partial charge in [0.1, 0.15) is 12.4 Å². The van der Waals surface area contributed by atoms with Crippen LogP contribution in [0.25, 0.3) is 0 Å². The number of H-pyrrole nitrogens is 1. The summed E-state index contributed by atoms with van der Waals surface area (Å²) in [4.78, 5) is 14.6. The monoisotopic (exact) mass is 399 g/mol. The SMILES string of the molecule is CCOc1cc([C@@H](N)c2n[nH]c(COc3ccc([N+](=O)[O-])cc3)n2)ccc1OC. The van der Waals surface area contributed by atoms with Crippen molar-refractivity contribution in [3.8, 4) is 17.2 Å². The molecule has 0 radical (unpaired) electrons. The predicted molar refractivity (Wildman–Crippen MR) is 104 cm³/mol. The Morgan fingerprint density at radius 2 is 1.93 bits per heavy atom. The van der Waals surface area contributed by atoms with Crippen molar-refractivity contribution in [1.29, 1.82) is 0 Å². The third-order valence-electron chi connectivity index (χ3n) is 4.10. The molecular weight excluding hydrogens is 378 g/mol. The molecule has 0 bridgehead atoms. The Hall–Kier alpha value is -3.66. The van der Waals surface area contributed by atoms with Crippen molar-refractivity contribution in [1.82, 2.24) is 15.2 Å². The van der Waals surface area contributed by atoms with Crippen molar-refractivity contribution in [2.45, 2.75) is 19.6 Å². The summed E-state index contributed by atoms with van der Waals surface area (Å²) < 4.78 is 16.4. The number of hydrogen-bond donors (Lipinski definition) is 2. The van der Waals surface area contributed by atoms with E-state index in [1.807, 2.05) is 13.0 Å². The summed E-state index contributed by atoms with van der Waals surface area (Å²) in [5.74, 6) is 2.58. The van der Waals surface area contributed by atoms with Crippen LogP contribution in [0.1, 0.15) is 30.2 Å². The zero-order chi connectivity index (χ0) is 20.8. The molecule has 0 unspecified atom stereocenters. The van der Waals surface area contributed by atoms with E-state index in [1.165, 1.54) is 24.3 Å². The van der Waals surface area contributed by atoms with E-state index in [2.05, 4.69) is 15.2 Å². The Balaban J connectivity index is 1.67. The first kappa shape index (κ1) is 20.1. The van der Waals surface area contributed by atoms with Crippen molar-refractivity contribution in [2.75, 3.05) is 13.7 Å². The molecule has 0 aliphatic rings. The number of ether oxygens (including phenoxy) is 3. The molecule has 0 amide bonds. The first-order valence-electron chi connectivity index (χ1n) is 8.86. The van der Waals surface area contributed by atoms with E-state index in [0.29, 0.717) is 35.5 Å². The van der Waals surface area contributed by atoms with E-state index in [1.54, 1.807) is 19.2 Å². The first-order valence-corrected chi connectivity index (χ1v) is 8.86. The van der Waals surface area contributed by atoms with Gasteiger partial charge in [0, 0.05) is 12.1 Å². The first-order chi connectivity index (χ1) is 14.0. The number of rotatable bonds is 9. The van der Waals surface area contributed by atoms with Crippen LogP contribution >= 0.6 is 0 Å². The number of aromatic amines is 1. The molecule has 3 N–H and O–H groups in total. The van der Waals surface area contributed by atoms with Crippen molar-refractivity contribution in [3.05, 3.63) is 69.8 Å². The lowest BCUT2D eigenvalue weighted by Crippen LogP contribution is -2.14. The van der Waals surface area contributed by atoms with E-state index in [-0.39, 0.29) is 12.3 Å². The number of nitro benzene ring substituents is 1. The fourth-order valence-corrected chi connectivity index (χ4v) is 2.63. The van der Waals surface area contributed by atoms with Crippen LogP contribution in [0.5, 0.6) is 17.2 Å². The van der Waals surface area contributed by atoms with Gasteiger partial charge in [0.25, 0.3) is 5.69 Å². The molecule has 152 valence electrons. The molecule has 3 aromatic rings. The summed E-state index contributed by atoms with van der Waals surface area (Å²) >= 11 is 0.